The summed E-state index contributed by atoms with van der Waals surface area (Å²) in [6.45, 7) is 8.08. The number of amides is 2. The van der Waals surface area contributed by atoms with Crippen molar-refractivity contribution in [2.24, 2.45) is 0 Å². The lowest BCUT2D eigenvalue weighted by molar-refractivity contribution is -0.128. The maximum Gasteiger partial charge on any atom is 0.249 e. The van der Waals surface area contributed by atoms with Gasteiger partial charge in [0.2, 0.25) is 11.8 Å². The lowest BCUT2D eigenvalue weighted by Gasteiger charge is -2.35. The van der Waals surface area contributed by atoms with Crippen LogP contribution < -0.4 is 15.0 Å². The first kappa shape index (κ1) is 25.8. The van der Waals surface area contributed by atoms with Crippen molar-refractivity contribution in [1.82, 2.24) is 25.3 Å². The molecule has 9 heteroatoms. The van der Waals surface area contributed by atoms with Gasteiger partial charge in [0.1, 0.15) is 23.9 Å². The summed E-state index contributed by atoms with van der Waals surface area (Å²) in [5.41, 5.74) is 2.06. The van der Waals surface area contributed by atoms with Gasteiger partial charge in [-0.25, -0.2) is 4.68 Å². The fraction of sp³-hybridized carbons (Fsp3) is 0.321. The summed E-state index contributed by atoms with van der Waals surface area (Å²) < 4.78 is 7.44. The number of para-hydroxylation sites is 3. The van der Waals surface area contributed by atoms with E-state index in [1.54, 1.807) is 41.3 Å². The van der Waals surface area contributed by atoms with Gasteiger partial charge >= 0.3 is 0 Å². The highest BCUT2D eigenvalue weighted by Gasteiger charge is 2.36. The van der Waals surface area contributed by atoms with E-state index in [0.717, 1.165) is 11.9 Å². The first-order valence-electron chi connectivity index (χ1n) is 12.4. The van der Waals surface area contributed by atoms with E-state index in [4.69, 9.17) is 4.74 Å². The molecule has 4 rings (SSSR count). The second-order valence-corrected chi connectivity index (χ2v) is 9.31. The monoisotopic (exact) mass is 500 g/mol. The van der Waals surface area contributed by atoms with Gasteiger partial charge < -0.3 is 10.1 Å². The van der Waals surface area contributed by atoms with Crippen molar-refractivity contribution in [1.29, 1.82) is 0 Å². The van der Waals surface area contributed by atoms with Gasteiger partial charge in [-0.3, -0.25) is 19.5 Å². The van der Waals surface area contributed by atoms with Crippen LogP contribution in [0.1, 0.15) is 45.7 Å². The quantitative estimate of drug-likeness (QED) is 0.348. The van der Waals surface area contributed by atoms with E-state index >= 15 is 0 Å². The summed E-state index contributed by atoms with van der Waals surface area (Å²) in [4.78, 5) is 33.7. The molecule has 4 aromatic rings. The van der Waals surface area contributed by atoms with Crippen LogP contribution in [0.25, 0.3) is 11.0 Å². The van der Waals surface area contributed by atoms with E-state index in [2.05, 4.69) is 20.6 Å². The lowest BCUT2D eigenvalue weighted by Crippen LogP contribution is -2.51. The Labute approximate surface area is 216 Å². The zero-order valence-electron chi connectivity index (χ0n) is 21.6. The minimum Gasteiger partial charge on any atom is -0.492 e. The molecule has 0 aliphatic carbocycles. The molecule has 2 amide bonds. The molecule has 0 radical (unpaired) electrons. The van der Waals surface area contributed by atoms with Crippen molar-refractivity contribution >= 4 is 28.5 Å². The number of aromatic nitrogens is 4. The predicted octanol–water partition coefficient (Wildman–Crippen LogP) is 4.30. The van der Waals surface area contributed by atoms with Crippen LogP contribution >= 0.6 is 0 Å². The van der Waals surface area contributed by atoms with Crippen molar-refractivity contribution < 1.29 is 14.3 Å². The molecule has 1 N–H and O–H groups in total. The molecule has 9 nitrogen and oxygen atoms in total. The Morgan fingerprint density at radius 1 is 1.03 bits per heavy atom. The van der Waals surface area contributed by atoms with Crippen LogP contribution in [0, 0.1) is 0 Å². The minimum atomic E-state index is -0.974. The summed E-state index contributed by atoms with van der Waals surface area (Å²) >= 11 is 0. The number of nitrogens with zero attached hydrogens (tertiary/aromatic N) is 5. The first-order chi connectivity index (χ1) is 17.8. The Kier molecular flexibility index (Phi) is 7.81. The van der Waals surface area contributed by atoms with E-state index in [9.17, 15) is 9.59 Å². The molecule has 2 aromatic carbocycles. The van der Waals surface area contributed by atoms with Crippen molar-refractivity contribution in [3.05, 3.63) is 78.6 Å². The number of ether oxygens (including phenoxy) is 1. The first-order valence-corrected chi connectivity index (χ1v) is 12.4. The number of fused-ring (bicyclic) bond motifs is 1. The van der Waals surface area contributed by atoms with Crippen molar-refractivity contribution in [2.45, 2.75) is 52.2 Å². The van der Waals surface area contributed by atoms with Gasteiger partial charge in [-0.15, -0.1) is 5.10 Å². The highest BCUT2D eigenvalue weighted by atomic mass is 16.5. The molecule has 0 spiro atoms. The maximum atomic E-state index is 14.2. The maximum absolute atomic E-state index is 14.2. The van der Waals surface area contributed by atoms with Crippen LogP contribution in [0.3, 0.4) is 0 Å². The normalized spacial score (nSPS) is 12.2. The zero-order chi connectivity index (χ0) is 26.4. The Balaban J connectivity index is 1.85. The van der Waals surface area contributed by atoms with E-state index in [1.165, 1.54) is 4.90 Å². The Hall–Kier alpha value is -4.27. The molecular weight excluding hydrogens is 468 g/mol. The van der Waals surface area contributed by atoms with Crippen LogP contribution in [0.4, 0.5) is 5.69 Å². The van der Waals surface area contributed by atoms with E-state index in [1.807, 2.05) is 64.1 Å². The Bertz CT molecular complexity index is 1370. The van der Waals surface area contributed by atoms with Crippen molar-refractivity contribution in [3.8, 4) is 5.75 Å². The molecule has 0 bridgehead atoms. The number of pyridine rings is 1. The summed E-state index contributed by atoms with van der Waals surface area (Å²) in [6, 6.07) is 17.2. The molecule has 0 unspecified atom stereocenters. The molecule has 2 aromatic heterocycles. The number of carbonyl (C=O) groups is 2. The fourth-order valence-corrected chi connectivity index (χ4v) is 4.04. The molecule has 0 saturated carbocycles. The molecular formula is C28H32N6O3. The third-order valence-corrected chi connectivity index (χ3v) is 6.27. The lowest BCUT2D eigenvalue weighted by atomic mass is 9.98. The predicted molar refractivity (Wildman–Crippen MR) is 142 cm³/mol. The van der Waals surface area contributed by atoms with Gasteiger partial charge in [-0.2, -0.15) is 0 Å². The number of rotatable bonds is 10. The second-order valence-electron chi connectivity index (χ2n) is 9.31. The third kappa shape index (κ3) is 5.77. The molecule has 192 valence electrons. The van der Waals surface area contributed by atoms with E-state index in [0.29, 0.717) is 29.1 Å². The summed E-state index contributed by atoms with van der Waals surface area (Å²) in [7, 11) is 0. The molecule has 37 heavy (non-hydrogen) atoms. The van der Waals surface area contributed by atoms with Crippen molar-refractivity contribution in [2.75, 3.05) is 11.5 Å². The number of anilines is 1. The largest absolute Gasteiger partial charge is 0.492 e. The molecule has 0 fully saturated rings. The minimum absolute atomic E-state index is 0.118. The van der Waals surface area contributed by atoms with Gasteiger partial charge in [0, 0.05) is 17.9 Å². The van der Waals surface area contributed by atoms with Crippen molar-refractivity contribution in [3.63, 3.8) is 0 Å². The number of hydrogen-bond acceptors (Lipinski definition) is 6. The highest BCUT2D eigenvalue weighted by molar-refractivity contribution is 6.02. The van der Waals surface area contributed by atoms with Gasteiger partial charge in [0.25, 0.3) is 0 Å². The summed E-state index contributed by atoms with van der Waals surface area (Å²) in [6.07, 6.45) is 3.95. The second kappa shape index (κ2) is 11.2. The Morgan fingerprint density at radius 3 is 2.46 bits per heavy atom. The van der Waals surface area contributed by atoms with Gasteiger partial charge in [0.15, 0.2) is 0 Å². The topological polar surface area (TPSA) is 102 Å². The van der Waals surface area contributed by atoms with E-state index < -0.39 is 11.6 Å². The van der Waals surface area contributed by atoms with Gasteiger partial charge in [0.05, 0.1) is 17.8 Å². The molecule has 2 heterocycles. The zero-order valence-corrected chi connectivity index (χ0v) is 21.6. The average molecular weight is 501 g/mol. The van der Waals surface area contributed by atoms with Crippen LogP contribution in [-0.4, -0.2) is 43.9 Å². The third-order valence-electron chi connectivity index (χ3n) is 6.27. The standard InChI is InChI=1S/C28H32N6O3/c1-5-28(3,4)30-27(36)26(20-15-17-29-18-16-20)34(23-13-9-10-14-24(23)37-6-2)25(35)19-33-22-12-8-7-11-21(22)31-32-33/h7-18,26H,5-6,19H2,1-4H3,(H,30,36)/t26-/m1/s1. The average Bonchev–Trinajstić information content (AvgIpc) is 3.30. The van der Waals surface area contributed by atoms with Gasteiger partial charge in [-0.05, 0) is 69.2 Å². The van der Waals surface area contributed by atoms with Crippen LogP contribution in [0.5, 0.6) is 5.75 Å². The van der Waals surface area contributed by atoms with Crippen LogP contribution in [0.2, 0.25) is 0 Å². The van der Waals surface area contributed by atoms with Gasteiger partial charge in [-0.1, -0.05) is 36.4 Å². The highest BCUT2D eigenvalue weighted by Crippen LogP contribution is 2.35. The van der Waals surface area contributed by atoms with Crippen LogP contribution in [-0.2, 0) is 16.1 Å². The molecule has 1 atom stereocenters. The number of hydrogen-bond donors (Lipinski definition) is 1. The number of nitrogens with one attached hydrogen (secondary N) is 1. The van der Waals surface area contributed by atoms with Crippen LogP contribution in [0.15, 0.2) is 73.1 Å². The smallest absolute Gasteiger partial charge is 0.249 e. The fourth-order valence-electron chi connectivity index (χ4n) is 4.04. The number of carbonyl (C=O) groups excluding carboxylic acids is 2. The summed E-state index contributed by atoms with van der Waals surface area (Å²) in [5, 5.41) is 11.5. The number of benzene rings is 2. The summed E-state index contributed by atoms with van der Waals surface area (Å²) in [5.74, 6) is -0.140. The van der Waals surface area contributed by atoms with E-state index in [-0.39, 0.29) is 18.4 Å². The molecule has 0 saturated heterocycles. The molecule has 0 aliphatic rings. The SMILES string of the molecule is CCOc1ccccc1N(C(=O)Cn1nnc2ccccc21)[C@@H](C(=O)NC(C)(C)CC)c1ccncc1. The molecule has 0 aliphatic heterocycles. The Morgan fingerprint density at radius 2 is 1.73 bits per heavy atom.